The first-order valence-electron chi connectivity index (χ1n) is 17.5. The van der Waals surface area contributed by atoms with Crippen molar-refractivity contribution in [3.05, 3.63) is 110 Å². The van der Waals surface area contributed by atoms with Crippen LogP contribution >= 0.6 is 0 Å². The minimum atomic E-state index is -1.18. The number of carbonyl (C=O) groups excluding carboxylic acids is 1. The van der Waals surface area contributed by atoms with Gasteiger partial charge in [0.2, 0.25) is 5.78 Å². The van der Waals surface area contributed by atoms with Crippen LogP contribution in [0.25, 0.3) is 0 Å². The molecule has 7 bridgehead atoms. The van der Waals surface area contributed by atoms with Gasteiger partial charge in [-0.05, 0) is 83.4 Å². The minimum absolute atomic E-state index is 0.0506. The number of Topliss-reactive ketones (excluding diaryl/α,β-unsaturated/α-hetero) is 1. The summed E-state index contributed by atoms with van der Waals surface area (Å²) < 4.78 is 6.99. The maximum atomic E-state index is 14.8. The van der Waals surface area contributed by atoms with Crippen molar-refractivity contribution in [2.45, 2.75) is 131 Å². The van der Waals surface area contributed by atoms with Crippen molar-refractivity contribution in [3.63, 3.8) is 0 Å². The van der Waals surface area contributed by atoms with E-state index in [2.05, 4.69) is 126 Å². The number of ether oxygens (including phenoxy) is 1. The second-order valence-electron chi connectivity index (χ2n) is 18.7. The summed E-state index contributed by atoms with van der Waals surface area (Å²) in [5, 5.41) is 24.0. The highest BCUT2D eigenvalue weighted by atomic mass is 16.5. The van der Waals surface area contributed by atoms with E-state index in [1.54, 1.807) is 0 Å². The summed E-state index contributed by atoms with van der Waals surface area (Å²) in [5.74, 6) is 1.12. The van der Waals surface area contributed by atoms with Gasteiger partial charge in [0.1, 0.15) is 17.2 Å². The first-order chi connectivity index (χ1) is 22.0. The largest absolute Gasteiger partial charge is 0.507 e. The van der Waals surface area contributed by atoms with E-state index in [0.717, 1.165) is 55.8 Å². The van der Waals surface area contributed by atoms with Crippen LogP contribution in [0.2, 0.25) is 0 Å². The summed E-state index contributed by atoms with van der Waals surface area (Å²) >= 11 is 0. The number of hydrogen-bond acceptors (Lipinski definition) is 4. The molecule has 1 aliphatic carbocycles. The molecule has 2 aliphatic heterocycles. The lowest BCUT2D eigenvalue weighted by Gasteiger charge is -2.34. The second-order valence-corrected chi connectivity index (χ2v) is 18.7. The zero-order valence-corrected chi connectivity index (χ0v) is 31.2. The quantitative estimate of drug-likeness (QED) is 0.255. The third kappa shape index (κ3) is 6.01. The maximum absolute atomic E-state index is 14.8. The van der Waals surface area contributed by atoms with Crippen molar-refractivity contribution in [3.8, 4) is 17.2 Å². The van der Waals surface area contributed by atoms with Crippen molar-refractivity contribution in [1.82, 2.24) is 0 Å². The first-order valence-corrected chi connectivity index (χ1v) is 17.5. The molecule has 2 heterocycles. The molecular formula is C44H54O4. The van der Waals surface area contributed by atoms with Crippen LogP contribution < -0.4 is 4.74 Å². The summed E-state index contributed by atoms with van der Waals surface area (Å²) in [6.07, 6.45) is 5.64. The van der Waals surface area contributed by atoms with E-state index in [0.29, 0.717) is 24.8 Å². The molecule has 3 aliphatic rings. The number of ketones is 1. The summed E-state index contributed by atoms with van der Waals surface area (Å²) in [6.45, 7) is 26.2. The number of fused-ring (bicyclic) bond motifs is 5. The molecule has 254 valence electrons. The molecule has 0 saturated carbocycles. The number of allylic oxidation sites excluding steroid dienone is 2. The summed E-state index contributed by atoms with van der Waals surface area (Å²) in [7, 11) is 0. The van der Waals surface area contributed by atoms with Crippen LogP contribution in [0.1, 0.15) is 133 Å². The standard InChI is InChI=1S/C44H54O4/c1-40(2,3)32-16-25-13-26-17-33(41(4,5)6)19-28(37(26)46)15-30-21-35(43(10,11)12)24-44(39(30)47)23-31-22-34(42(7,8)9)20-29(38(31)48-44)14-27(18-32)36(25)45/h16-22,24,45-46H,13-15,23H2,1-12H3. The number of rotatable bonds is 0. The van der Waals surface area contributed by atoms with E-state index in [1.165, 1.54) is 5.56 Å². The van der Waals surface area contributed by atoms with Crippen molar-refractivity contribution in [2.24, 2.45) is 5.41 Å². The molecule has 3 aromatic carbocycles. The lowest BCUT2D eigenvalue weighted by molar-refractivity contribution is -0.126. The van der Waals surface area contributed by atoms with Gasteiger partial charge in [0.05, 0.1) is 0 Å². The second kappa shape index (κ2) is 10.9. The fourth-order valence-electron chi connectivity index (χ4n) is 7.28. The minimum Gasteiger partial charge on any atom is -0.507 e. The Morgan fingerprint density at radius 2 is 0.958 bits per heavy atom. The third-order valence-electron chi connectivity index (χ3n) is 10.5. The van der Waals surface area contributed by atoms with Gasteiger partial charge < -0.3 is 14.9 Å². The van der Waals surface area contributed by atoms with Crippen LogP contribution in [0.4, 0.5) is 0 Å². The zero-order chi connectivity index (χ0) is 35.4. The predicted molar refractivity (Wildman–Crippen MR) is 196 cm³/mol. The van der Waals surface area contributed by atoms with E-state index < -0.39 is 5.60 Å². The van der Waals surface area contributed by atoms with Gasteiger partial charge in [-0.2, -0.15) is 0 Å². The molecule has 0 radical (unpaired) electrons. The molecule has 1 unspecified atom stereocenters. The van der Waals surface area contributed by atoms with E-state index in [1.807, 2.05) is 6.08 Å². The lowest BCUT2D eigenvalue weighted by atomic mass is 9.73. The average molecular weight is 647 g/mol. The van der Waals surface area contributed by atoms with E-state index in [4.69, 9.17) is 4.74 Å². The van der Waals surface area contributed by atoms with Gasteiger partial charge in [0.25, 0.3) is 0 Å². The van der Waals surface area contributed by atoms with Crippen LogP contribution in [-0.2, 0) is 46.7 Å². The highest BCUT2D eigenvalue weighted by molar-refractivity contribution is 6.06. The number of aromatic hydroxyl groups is 2. The van der Waals surface area contributed by atoms with E-state index in [-0.39, 0.29) is 45.4 Å². The molecule has 4 nitrogen and oxygen atoms in total. The molecule has 4 heteroatoms. The summed E-state index contributed by atoms with van der Waals surface area (Å²) in [6, 6.07) is 12.8. The highest BCUT2D eigenvalue weighted by Gasteiger charge is 2.49. The van der Waals surface area contributed by atoms with Crippen LogP contribution in [0, 0.1) is 5.41 Å². The van der Waals surface area contributed by atoms with Gasteiger partial charge in [0.15, 0.2) is 5.60 Å². The van der Waals surface area contributed by atoms with Crippen molar-refractivity contribution < 1.29 is 19.7 Å². The molecule has 0 saturated heterocycles. The molecular weight excluding hydrogens is 592 g/mol. The molecule has 48 heavy (non-hydrogen) atoms. The van der Waals surface area contributed by atoms with Crippen LogP contribution in [-0.4, -0.2) is 21.6 Å². The summed E-state index contributed by atoms with van der Waals surface area (Å²) in [5.41, 5.74) is 8.26. The predicted octanol–water partition coefficient (Wildman–Crippen LogP) is 9.88. The van der Waals surface area contributed by atoms with Crippen molar-refractivity contribution >= 4 is 5.78 Å². The number of phenolic OH excluding ortho intramolecular Hbond substituents is 2. The Labute approximate surface area is 288 Å². The van der Waals surface area contributed by atoms with Crippen molar-refractivity contribution in [1.29, 1.82) is 0 Å². The zero-order valence-electron chi connectivity index (χ0n) is 31.2. The molecule has 3 aromatic rings. The smallest absolute Gasteiger partial charge is 0.207 e. The number of phenols is 2. The normalized spacial score (nSPS) is 19.6. The lowest BCUT2D eigenvalue weighted by Crippen LogP contribution is -2.45. The monoisotopic (exact) mass is 646 g/mol. The Bertz CT molecular complexity index is 1910. The van der Waals surface area contributed by atoms with Crippen LogP contribution in [0.5, 0.6) is 17.2 Å². The Balaban J connectivity index is 1.69. The molecule has 1 atom stereocenters. The van der Waals surface area contributed by atoms with Gasteiger partial charge in [-0.15, -0.1) is 0 Å². The van der Waals surface area contributed by atoms with Gasteiger partial charge >= 0.3 is 0 Å². The topological polar surface area (TPSA) is 66.8 Å². The Morgan fingerprint density at radius 3 is 1.40 bits per heavy atom. The average Bonchev–Trinajstić information content (AvgIpc) is 3.31. The van der Waals surface area contributed by atoms with Gasteiger partial charge in [0, 0.05) is 31.3 Å². The fraction of sp³-hybridized carbons (Fsp3) is 0.477. The van der Waals surface area contributed by atoms with Crippen LogP contribution in [0.3, 0.4) is 0 Å². The Hall–Kier alpha value is -3.79. The molecule has 2 N–H and O–H groups in total. The maximum Gasteiger partial charge on any atom is 0.207 e. The SMILES string of the molecule is CC(C)(C)C1=CC23Cc4cc(C(C)(C)C)cc(c4O2)Cc2cc(C(C)(C)C)cc(c2O)Cc2cc(C(C)(C)C)cc(c2O)CC(=C1)C3=O. The molecule has 6 rings (SSSR count). The third-order valence-corrected chi connectivity index (χ3v) is 10.5. The molecule has 1 spiro atoms. The van der Waals surface area contributed by atoms with Gasteiger partial charge in [-0.25, -0.2) is 0 Å². The van der Waals surface area contributed by atoms with E-state index >= 15 is 0 Å². The van der Waals surface area contributed by atoms with Gasteiger partial charge in [-0.1, -0.05) is 126 Å². The molecule has 0 aromatic heterocycles. The fourth-order valence-corrected chi connectivity index (χ4v) is 7.28. The number of hydrogen-bond donors (Lipinski definition) is 2. The van der Waals surface area contributed by atoms with Gasteiger partial charge in [-0.3, -0.25) is 4.79 Å². The first kappa shape index (κ1) is 34.1. The number of carbonyl (C=O) groups is 1. The number of benzene rings is 3. The molecule has 0 fully saturated rings. The Morgan fingerprint density at radius 1 is 0.562 bits per heavy atom. The summed E-state index contributed by atoms with van der Waals surface area (Å²) in [4.78, 5) is 14.8. The Kier molecular flexibility index (Phi) is 7.71. The molecule has 0 amide bonds. The highest BCUT2D eigenvalue weighted by Crippen LogP contribution is 2.49. The van der Waals surface area contributed by atoms with Crippen molar-refractivity contribution in [2.75, 3.05) is 0 Å². The van der Waals surface area contributed by atoms with E-state index in [9.17, 15) is 15.0 Å². The van der Waals surface area contributed by atoms with Crippen LogP contribution in [0.15, 0.2) is 59.7 Å².